The van der Waals surface area contributed by atoms with Gasteiger partial charge in [0.1, 0.15) is 12.4 Å². The molecule has 0 saturated carbocycles. The Morgan fingerprint density at radius 3 is 2.64 bits per heavy atom. The Bertz CT molecular complexity index is 1590. The third-order valence-corrected chi connectivity index (χ3v) is 8.03. The number of aromatic nitrogens is 2. The molecule has 4 rings (SSSR count). The van der Waals surface area contributed by atoms with Gasteiger partial charge in [-0.05, 0) is 62.2 Å². The number of fused-ring (bicyclic) bond motifs is 1. The number of nitriles is 1. The summed E-state index contributed by atoms with van der Waals surface area (Å²) in [5.74, 6) is 1.48. The molecule has 0 N–H and O–H groups in total. The molecule has 0 atom stereocenters. The fourth-order valence-corrected chi connectivity index (χ4v) is 4.85. The molecular formula is C26H19Br3N4O3. The highest BCUT2D eigenvalue weighted by atomic mass is 79.9. The lowest BCUT2D eigenvalue weighted by Crippen LogP contribution is -2.22. The van der Waals surface area contributed by atoms with E-state index in [2.05, 4.69) is 63.9 Å². The van der Waals surface area contributed by atoms with Gasteiger partial charge < -0.3 is 9.47 Å². The molecule has 0 fully saturated rings. The van der Waals surface area contributed by atoms with E-state index in [1.54, 1.807) is 30.5 Å². The fraction of sp³-hybridized carbons (Fsp3) is 0.154. The predicted molar refractivity (Wildman–Crippen MR) is 150 cm³/mol. The summed E-state index contributed by atoms with van der Waals surface area (Å²) in [4.78, 5) is 17.8. The molecular weight excluding hydrogens is 656 g/mol. The minimum absolute atomic E-state index is 0.187. The van der Waals surface area contributed by atoms with Gasteiger partial charge in [-0.2, -0.15) is 15.0 Å². The summed E-state index contributed by atoms with van der Waals surface area (Å²) in [5.41, 5.74) is 2.33. The molecule has 0 bridgehead atoms. The molecule has 0 spiro atoms. The van der Waals surface area contributed by atoms with Crippen LogP contribution in [0.4, 0.5) is 0 Å². The van der Waals surface area contributed by atoms with Crippen LogP contribution in [0.3, 0.4) is 0 Å². The summed E-state index contributed by atoms with van der Waals surface area (Å²) in [6, 6.07) is 16.6. The van der Waals surface area contributed by atoms with Crippen molar-refractivity contribution in [2.75, 3.05) is 7.11 Å². The SMILES string of the molecule is CCc1nc2ccc(Br)cc2c(=O)n1N=Cc1cc(OC)c(OCc2ccccc2C#N)c(Br)c1Br. The van der Waals surface area contributed by atoms with Gasteiger partial charge in [-0.15, -0.1) is 0 Å². The number of benzene rings is 3. The predicted octanol–water partition coefficient (Wildman–Crippen LogP) is 6.59. The zero-order chi connectivity index (χ0) is 25.8. The van der Waals surface area contributed by atoms with Crippen LogP contribution < -0.4 is 15.0 Å². The number of methoxy groups -OCH3 is 1. The van der Waals surface area contributed by atoms with Gasteiger partial charge in [0.25, 0.3) is 5.56 Å². The second-order valence-electron chi connectivity index (χ2n) is 7.59. The van der Waals surface area contributed by atoms with Crippen molar-refractivity contribution in [2.45, 2.75) is 20.0 Å². The third-order valence-electron chi connectivity index (χ3n) is 5.39. The lowest BCUT2D eigenvalue weighted by atomic mass is 10.1. The first-order valence-electron chi connectivity index (χ1n) is 10.8. The number of ether oxygens (including phenoxy) is 2. The first-order valence-corrected chi connectivity index (χ1v) is 13.2. The molecule has 0 aliphatic carbocycles. The molecule has 10 heteroatoms. The Hall–Kier alpha value is -3.00. The maximum absolute atomic E-state index is 13.2. The number of halogens is 3. The van der Waals surface area contributed by atoms with Crippen LogP contribution >= 0.6 is 47.8 Å². The van der Waals surface area contributed by atoms with Crippen molar-refractivity contribution in [3.63, 3.8) is 0 Å². The quantitative estimate of drug-likeness (QED) is 0.207. The highest BCUT2D eigenvalue weighted by Crippen LogP contribution is 2.42. The Morgan fingerprint density at radius 1 is 1.14 bits per heavy atom. The summed E-state index contributed by atoms with van der Waals surface area (Å²) < 4.78 is 15.0. The molecule has 1 aromatic heterocycles. The van der Waals surface area contributed by atoms with E-state index in [9.17, 15) is 10.1 Å². The Kier molecular flexibility index (Phi) is 8.24. The number of hydrogen-bond acceptors (Lipinski definition) is 6. The normalized spacial score (nSPS) is 11.1. The molecule has 1 heterocycles. The van der Waals surface area contributed by atoms with Gasteiger partial charge in [0.2, 0.25) is 0 Å². The standard InChI is InChI=1S/C26H19Br3N4O3/c1-3-22-32-20-9-8-18(27)11-19(20)26(34)33(22)31-13-17-10-21(35-2)25(24(29)23(17)28)36-14-16-7-5-4-6-15(16)12-30/h4-11,13H,3,14H2,1-2H3. The second kappa shape index (κ2) is 11.4. The van der Waals surface area contributed by atoms with E-state index in [1.165, 1.54) is 11.8 Å². The molecule has 0 amide bonds. The molecule has 7 nitrogen and oxygen atoms in total. The van der Waals surface area contributed by atoms with Crippen LogP contribution in [0, 0.1) is 11.3 Å². The van der Waals surface area contributed by atoms with E-state index in [0.717, 1.165) is 10.0 Å². The lowest BCUT2D eigenvalue weighted by Gasteiger charge is -2.16. The average Bonchev–Trinajstić information content (AvgIpc) is 2.89. The van der Waals surface area contributed by atoms with E-state index in [-0.39, 0.29) is 12.2 Å². The zero-order valence-corrected chi connectivity index (χ0v) is 24.0. The van der Waals surface area contributed by atoms with Gasteiger partial charge >= 0.3 is 0 Å². The minimum Gasteiger partial charge on any atom is -0.493 e. The molecule has 0 aliphatic heterocycles. The topological polar surface area (TPSA) is 89.5 Å². The monoisotopic (exact) mass is 672 g/mol. The molecule has 0 aliphatic rings. The maximum Gasteiger partial charge on any atom is 0.282 e. The largest absolute Gasteiger partial charge is 0.493 e. The number of aryl methyl sites for hydroxylation is 1. The summed E-state index contributed by atoms with van der Waals surface area (Å²) in [7, 11) is 1.54. The van der Waals surface area contributed by atoms with E-state index in [0.29, 0.717) is 54.7 Å². The summed E-state index contributed by atoms with van der Waals surface area (Å²) >= 11 is 10.6. The Morgan fingerprint density at radius 2 is 1.92 bits per heavy atom. The molecule has 3 aromatic carbocycles. The van der Waals surface area contributed by atoms with E-state index >= 15 is 0 Å². The van der Waals surface area contributed by atoms with Crippen LogP contribution in [0.1, 0.15) is 29.4 Å². The number of rotatable bonds is 7. The molecule has 0 saturated heterocycles. The Labute approximate surface area is 232 Å². The zero-order valence-electron chi connectivity index (χ0n) is 19.3. The summed E-state index contributed by atoms with van der Waals surface area (Å²) in [6.45, 7) is 2.11. The summed E-state index contributed by atoms with van der Waals surface area (Å²) in [5, 5.41) is 14.3. The summed E-state index contributed by atoms with van der Waals surface area (Å²) in [6.07, 6.45) is 2.10. The van der Waals surface area contributed by atoms with Crippen LogP contribution in [0.2, 0.25) is 0 Å². The maximum atomic E-state index is 13.2. The average molecular weight is 675 g/mol. The molecule has 4 aromatic rings. The second-order valence-corrected chi connectivity index (χ2v) is 10.1. The molecule has 182 valence electrons. The van der Waals surface area contributed by atoms with E-state index < -0.39 is 0 Å². The van der Waals surface area contributed by atoms with Crippen LogP contribution in [-0.2, 0) is 13.0 Å². The van der Waals surface area contributed by atoms with Crippen molar-refractivity contribution in [3.8, 4) is 17.6 Å². The van der Waals surface area contributed by atoms with Gasteiger partial charge in [-0.25, -0.2) is 4.98 Å². The van der Waals surface area contributed by atoms with Crippen LogP contribution in [0.5, 0.6) is 11.5 Å². The van der Waals surface area contributed by atoms with E-state index in [1.807, 2.05) is 31.2 Å². The van der Waals surface area contributed by atoms with Crippen LogP contribution in [-0.4, -0.2) is 23.0 Å². The molecule has 36 heavy (non-hydrogen) atoms. The number of hydrogen-bond donors (Lipinski definition) is 0. The van der Waals surface area contributed by atoms with Crippen LogP contribution in [0.25, 0.3) is 10.9 Å². The van der Waals surface area contributed by atoms with Crippen LogP contribution in [0.15, 0.2) is 71.8 Å². The van der Waals surface area contributed by atoms with Gasteiger partial charge in [0, 0.05) is 26.5 Å². The van der Waals surface area contributed by atoms with Crippen molar-refractivity contribution in [2.24, 2.45) is 5.10 Å². The molecule has 0 radical (unpaired) electrons. The van der Waals surface area contributed by atoms with Crippen molar-refractivity contribution < 1.29 is 9.47 Å². The van der Waals surface area contributed by atoms with Gasteiger partial charge in [-0.1, -0.05) is 41.1 Å². The first kappa shape index (κ1) is 26.1. The van der Waals surface area contributed by atoms with Crippen molar-refractivity contribution in [3.05, 3.63) is 94.8 Å². The van der Waals surface area contributed by atoms with Gasteiger partial charge in [0.15, 0.2) is 11.5 Å². The lowest BCUT2D eigenvalue weighted by molar-refractivity contribution is 0.282. The fourth-order valence-electron chi connectivity index (χ4n) is 3.55. The van der Waals surface area contributed by atoms with Crippen molar-refractivity contribution >= 4 is 64.9 Å². The Balaban J connectivity index is 1.72. The first-order chi connectivity index (χ1) is 17.4. The third kappa shape index (κ3) is 5.24. The van der Waals surface area contributed by atoms with Crippen molar-refractivity contribution in [1.82, 2.24) is 9.66 Å². The highest BCUT2D eigenvalue weighted by molar-refractivity contribution is 9.13. The van der Waals surface area contributed by atoms with Gasteiger partial charge in [0.05, 0.1) is 40.3 Å². The van der Waals surface area contributed by atoms with Gasteiger partial charge in [-0.3, -0.25) is 4.79 Å². The minimum atomic E-state index is -0.257. The van der Waals surface area contributed by atoms with Crippen molar-refractivity contribution in [1.29, 1.82) is 5.26 Å². The molecule has 0 unspecified atom stereocenters. The number of nitrogens with zero attached hydrogens (tertiary/aromatic N) is 4. The smallest absolute Gasteiger partial charge is 0.282 e. The van der Waals surface area contributed by atoms with E-state index in [4.69, 9.17) is 9.47 Å². The highest BCUT2D eigenvalue weighted by Gasteiger charge is 2.18.